The third kappa shape index (κ3) is 3.01. The fourth-order valence-electron chi connectivity index (χ4n) is 3.18. The van der Waals surface area contributed by atoms with Crippen molar-refractivity contribution in [3.05, 3.63) is 57.8 Å². The number of aromatic nitrogens is 4. The molecule has 0 aromatic carbocycles. The maximum atomic E-state index is 12.8. The summed E-state index contributed by atoms with van der Waals surface area (Å²) in [5.74, 6) is 0.452. The van der Waals surface area contributed by atoms with E-state index in [0.717, 1.165) is 11.5 Å². The Bertz CT molecular complexity index is 1100. The molecule has 1 fully saturated rings. The summed E-state index contributed by atoms with van der Waals surface area (Å²) in [5.41, 5.74) is 1.46. The minimum absolute atomic E-state index is 0.0549. The first-order valence-corrected chi connectivity index (χ1v) is 8.54. The summed E-state index contributed by atoms with van der Waals surface area (Å²) in [7, 11) is 0. The second-order valence-corrected chi connectivity index (χ2v) is 6.41. The fourth-order valence-corrected chi connectivity index (χ4v) is 3.18. The van der Waals surface area contributed by atoms with E-state index in [9.17, 15) is 9.59 Å². The highest BCUT2D eigenvalue weighted by Crippen LogP contribution is 2.15. The number of anilines is 1. The molecule has 1 aliphatic heterocycles. The van der Waals surface area contributed by atoms with Crippen LogP contribution in [0.15, 0.2) is 35.4 Å². The van der Waals surface area contributed by atoms with Gasteiger partial charge in [-0.3, -0.25) is 14.7 Å². The van der Waals surface area contributed by atoms with Gasteiger partial charge >= 0.3 is 0 Å². The molecule has 9 heteroatoms. The van der Waals surface area contributed by atoms with E-state index < -0.39 is 5.56 Å². The van der Waals surface area contributed by atoms with Gasteiger partial charge in [-0.05, 0) is 19.1 Å². The lowest BCUT2D eigenvalue weighted by atomic mass is 10.2. The summed E-state index contributed by atoms with van der Waals surface area (Å²) in [5, 5.41) is 11.7. The molecule has 0 radical (unpaired) electrons. The monoisotopic (exact) mass is 363 g/mol. The summed E-state index contributed by atoms with van der Waals surface area (Å²) in [6, 6.07) is 7.31. The summed E-state index contributed by atoms with van der Waals surface area (Å²) < 4.78 is 1.29. The molecule has 136 valence electrons. The van der Waals surface area contributed by atoms with Gasteiger partial charge in [-0.2, -0.15) is 5.26 Å². The van der Waals surface area contributed by atoms with E-state index in [-0.39, 0.29) is 11.5 Å². The number of nitrogens with zero attached hydrogens (tertiary/aromatic N) is 6. The SMILES string of the molecule is Cc1cc2ncc(C(=O)N3CCN(c4ccc(C#N)cn4)CC3)c(=O)n2[nH]1. The van der Waals surface area contributed by atoms with Crippen molar-refractivity contribution >= 4 is 17.4 Å². The van der Waals surface area contributed by atoms with Crippen molar-refractivity contribution in [2.24, 2.45) is 0 Å². The fraction of sp³-hybridized carbons (Fsp3) is 0.278. The number of amides is 1. The van der Waals surface area contributed by atoms with Crippen molar-refractivity contribution in [1.82, 2.24) is 24.5 Å². The van der Waals surface area contributed by atoms with E-state index >= 15 is 0 Å². The molecule has 0 aliphatic carbocycles. The van der Waals surface area contributed by atoms with Crippen LogP contribution in [0.2, 0.25) is 0 Å². The quantitative estimate of drug-likeness (QED) is 0.712. The molecule has 4 heterocycles. The van der Waals surface area contributed by atoms with E-state index in [4.69, 9.17) is 5.26 Å². The third-order valence-electron chi connectivity index (χ3n) is 4.62. The van der Waals surface area contributed by atoms with Crippen LogP contribution in [0, 0.1) is 18.3 Å². The molecular formula is C18H17N7O2. The maximum absolute atomic E-state index is 12.8. The minimum Gasteiger partial charge on any atom is -0.353 e. The van der Waals surface area contributed by atoms with E-state index in [2.05, 4.69) is 15.1 Å². The molecule has 1 aliphatic rings. The minimum atomic E-state index is -0.394. The van der Waals surface area contributed by atoms with E-state index in [1.54, 1.807) is 23.1 Å². The van der Waals surface area contributed by atoms with Gasteiger partial charge in [0.1, 0.15) is 17.5 Å². The van der Waals surface area contributed by atoms with Gasteiger partial charge in [-0.15, -0.1) is 0 Å². The summed E-state index contributed by atoms with van der Waals surface area (Å²) in [4.78, 5) is 37.5. The van der Waals surface area contributed by atoms with Gasteiger partial charge < -0.3 is 9.80 Å². The van der Waals surface area contributed by atoms with Crippen LogP contribution in [0.3, 0.4) is 0 Å². The number of H-pyrrole nitrogens is 1. The molecule has 0 bridgehead atoms. The van der Waals surface area contributed by atoms with Gasteiger partial charge in [0, 0.05) is 50.3 Å². The Balaban J connectivity index is 1.49. The molecule has 3 aromatic rings. The molecule has 9 nitrogen and oxygen atoms in total. The predicted molar refractivity (Wildman–Crippen MR) is 97.6 cm³/mol. The number of aryl methyl sites for hydroxylation is 1. The number of rotatable bonds is 2. The normalized spacial score (nSPS) is 14.4. The first kappa shape index (κ1) is 16.8. The number of pyridine rings is 1. The number of carbonyl (C=O) groups excluding carboxylic acids is 1. The molecule has 1 N–H and O–H groups in total. The number of nitriles is 1. The number of aromatic amines is 1. The van der Waals surface area contributed by atoms with Gasteiger partial charge in [0.25, 0.3) is 11.5 Å². The molecule has 0 saturated carbocycles. The van der Waals surface area contributed by atoms with E-state index in [1.807, 2.05) is 17.9 Å². The average molecular weight is 363 g/mol. The van der Waals surface area contributed by atoms with Crippen molar-refractivity contribution in [3.8, 4) is 6.07 Å². The van der Waals surface area contributed by atoms with Crippen molar-refractivity contribution in [1.29, 1.82) is 5.26 Å². The Morgan fingerprint density at radius 1 is 1.19 bits per heavy atom. The van der Waals surface area contributed by atoms with Crippen LogP contribution in [0.4, 0.5) is 5.82 Å². The second-order valence-electron chi connectivity index (χ2n) is 6.41. The van der Waals surface area contributed by atoms with Crippen LogP contribution < -0.4 is 10.5 Å². The second kappa shape index (κ2) is 6.57. The highest BCUT2D eigenvalue weighted by Gasteiger charge is 2.25. The van der Waals surface area contributed by atoms with Crippen LogP contribution in [0.5, 0.6) is 0 Å². The third-order valence-corrected chi connectivity index (χ3v) is 4.62. The van der Waals surface area contributed by atoms with Crippen molar-refractivity contribution in [3.63, 3.8) is 0 Å². The highest BCUT2D eigenvalue weighted by molar-refractivity contribution is 5.94. The molecule has 3 aromatic heterocycles. The molecule has 0 unspecified atom stereocenters. The molecule has 0 atom stereocenters. The largest absolute Gasteiger partial charge is 0.353 e. The van der Waals surface area contributed by atoms with Gasteiger partial charge in [-0.1, -0.05) is 0 Å². The lowest BCUT2D eigenvalue weighted by molar-refractivity contribution is 0.0744. The molecule has 27 heavy (non-hydrogen) atoms. The zero-order chi connectivity index (χ0) is 19.0. The van der Waals surface area contributed by atoms with Crippen LogP contribution in [0.25, 0.3) is 5.65 Å². The first-order valence-electron chi connectivity index (χ1n) is 8.54. The molecule has 1 saturated heterocycles. The van der Waals surface area contributed by atoms with E-state index in [1.165, 1.54) is 16.9 Å². The smallest absolute Gasteiger partial charge is 0.285 e. The standard InChI is InChI=1S/C18H17N7O2/c1-12-8-16-21-11-14(18(27)25(16)22-12)17(26)24-6-4-23(5-7-24)15-3-2-13(9-19)10-20-15/h2-3,8,10-11,22H,4-7H2,1H3. The first-order chi connectivity index (χ1) is 13.1. The number of carbonyl (C=O) groups is 1. The molecule has 0 spiro atoms. The summed E-state index contributed by atoms with van der Waals surface area (Å²) in [6.45, 7) is 3.98. The molecular weight excluding hydrogens is 346 g/mol. The lowest BCUT2D eigenvalue weighted by Crippen LogP contribution is -2.50. The number of piperazine rings is 1. The zero-order valence-electron chi connectivity index (χ0n) is 14.7. The Morgan fingerprint density at radius 3 is 2.63 bits per heavy atom. The van der Waals surface area contributed by atoms with Crippen molar-refractivity contribution in [2.45, 2.75) is 6.92 Å². The van der Waals surface area contributed by atoms with Gasteiger partial charge in [0.15, 0.2) is 5.65 Å². The Hall–Kier alpha value is -3.67. The number of hydrogen-bond acceptors (Lipinski definition) is 6. The maximum Gasteiger partial charge on any atom is 0.285 e. The van der Waals surface area contributed by atoms with Crippen LogP contribution in [-0.4, -0.2) is 56.6 Å². The van der Waals surface area contributed by atoms with Gasteiger partial charge in [0.2, 0.25) is 0 Å². The van der Waals surface area contributed by atoms with Crippen LogP contribution in [-0.2, 0) is 0 Å². The van der Waals surface area contributed by atoms with Gasteiger partial charge in [0.05, 0.1) is 5.56 Å². The predicted octanol–water partition coefficient (Wildman–Crippen LogP) is 0.560. The van der Waals surface area contributed by atoms with Gasteiger partial charge in [-0.25, -0.2) is 14.5 Å². The highest BCUT2D eigenvalue weighted by atomic mass is 16.2. The van der Waals surface area contributed by atoms with E-state index in [0.29, 0.717) is 37.4 Å². The Labute approximate surface area is 154 Å². The van der Waals surface area contributed by atoms with Crippen molar-refractivity contribution < 1.29 is 4.79 Å². The summed E-state index contributed by atoms with van der Waals surface area (Å²) >= 11 is 0. The Kier molecular flexibility index (Phi) is 4.08. The van der Waals surface area contributed by atoms with Crippen molar-refractivity contribution in [2.75, 3.05) is 31.1 Å². The Morgan fingerprint density at radius 2 is 1.96 bits per heavy atom. The molecule has 4 rings (SSSR count). The van der Waals surface area contributed by atoms with Crippen LogP contribution in [0.1, 0.15) is 21.6 Å². The number of hydrogen-bond donors (Lipinski definition) is 1. The summed E-state index contributed by atoms with van der Waals surface area (Å²) in [6.07, 6.45) is 2.88. The number of nitrogens with one attached hydrogen (secondary N) is 1. The topological polar surface area (TPSA) is 110 Å². The van der Waals surface area contributed by atoms with Crippen LogP contribution >= 0.6 is 0 Å². The lowest BCUT2D eigenvalue weighted by Gasteiger charge is -2.35. The molecule has 1 amide bonds. The average Bonchev–Trinajstić information content (AvgIpc) is 3.09. The zero-order valence-corrected chi connectivity index (χ0v) is 14.7. The number of fused-ring (bicyclic) bond motifs is 1.